The minimum absolute atomic E-state index is 0.216. The lowest BCUT2D eigenvalue weighted by atomic mass is 9.84. The molecule has 0 spiro atoms. The maximum atomic E-state index is 12.2. The van der Waals surface area contributed by atoms with E-state index >= 15 is 0 Å². The average Bonchev–Trinajstić information content (AvgIpc) is 2.61. The summed E-state index contributed by atoms with van der Waals surface area (Å²) in [5.74, 6) is 0. The lowest BCUT2D eigenvalue weighted by Gasteiger charge is -2.31. The second kappa shape index (κ2) is 11.9. The van der Waals surface area contributed by atoms with Gasteiger partial charge in [0.25, 0.3) is 0 Å². The zero-order chi connectivity index (χ0) is 19.4. The van der Waals surface area contributed by atoms with Crippen molar-refractivity contribution in [1.82, 2.24) is 10.4 Å². The number of ether oxygens (including phenoxy) is 2. The van der Waals surface area contributed by atoms with Crippen molar-refractivity contribution in [3.63, 3.8) is 0 Å². The van der Waals surface area contributed by atoms with Gasteiger partial charge in [0.05, 0.1) is 13.2 Å². The molecule has 0 bridgehead atoms. The summed E-state index contributed by atoms with van der Waals surface area (Å²) in [5, 5.41) is 13.8. The van der Waals surface area contributed by atoms with Gasteiger partial charge in [0.15, 0.2) is 0 Å². The molecule has 0 aliphatic carbocycles. The first-order valence-electron chi connectivity index (χ1n) is 9.36. The fourth-order valence-electron chi connectivity index (χ4n) is 2.50. The molecule has 0 aliphatic heterocycles. The van der Waals surface area contributed by atoms with E-state index in [-0.39, 0.29) is 12.0 Å². The molecule has 6 nitrogen and oxygen atoms in total. The van der Waals surface area contributed by atoms with Crippen LogP contribution in [0.2, 0.25) is 0 Å². The Hall–Kier alpha value is -1.63. The van der Waals surface area contributed by atoms with Crippen molar-refractivity contribution in [3.8, 4) is 0 Å². The molecule has 0 fully saturated rings. The summed E-state index contributed by atoms with van der Waals surface area (Å²) in [5.41, 5.74) is 0.633. The molecule has 1 aromatic rings. The summed E-state index contributed by atoms with van der Waals surface area (Å²) < 4.78 is 11.0. The number of benzene rings is 1. The number of nitrogens with one attached hydrogen (secondary N) is 1. The highest BCUT2D eigenvalue weighted by Gasteiger charge is 2.31. The average molecular weight is 367 g/mol. The Bertz CT molecular complexity index is 502. The first-order chi connectivity index (χ1) is 12.4. The van der Waals surface area contributed by atoms with E-state index in [1.54, 1.807) is 0 Å². The number of rotatable bonds is 11. The Morgan fingerprint density at radius 2 is 1.88 bits per heavy atom. The van der Waals surface area contributed by atoms with Gasteiger partial charge in [-0.25, -0.2) is 4.79 Å². The number of hydroxylamine groups is 2. The monoisotopic (exact) mass is 366 g/mol. The molecule has 0 aromatic heterocycles. The predicted molar refractivity (Wildman–Crippen MR) is 102 cm³/mol. The van der Waals surface area contributed by atoms with Crippen LogP contribution in [0.25, 0.3) is 0 Å². The lowest BCUT2D eigenvalue weighted by molar-refractivity contribution is -0.0959. The quantitative estimate of drug-likeness (QED) is 0.352. The third kappa shape index (κ3) is 8.65. The highest BCUT2D eigenvalue weighted by atomic mass is 16.6. The van der Waals surface area contributed by atoms with Gasteiger partial charge in [0.2, 0.25) is 0 Å². The van der Waals surface area contributed by atoms with E-state index in [0.717, 1.165) is 25.1 Å². The molecule has 0 heterocycles. The van der Waals surface area contributed by atoms with E-state index in [1.165, 1.54) is 0 Å². The number of nitrogens with zero attached hydrogens (tertiary/aromatic N) is 1. The molecule has 26 heavy (non-hydrogen) atoms. The molecule has 0 radical (unpaired) electrons. The zero-order valence-electron chi connectivity index (χ0n) is 16.5. The van der Waals surface area contributed by atoms with Gasteiger partial charge < -0.3 is 14.8 Å². The summed E-state index contributed by atoms with van der Waals surface area (Å²) in [6.07, 6.45) is 0.491. The van der Waals surface area contributed by atoms with Crippen molar-refractivity contribution in [2.75, 3.05) is 32.8 Å². The smallest absolute Gasteiger partial charge is 0.434 e. The molecule has 6 heteroatoms. The van der Waals surface area contributed by atoms with Crippen molar-refractivity contribution >= 4 is 6.09 Å². The van der Waals surface area contributed by atoms with E-state index in [0.29, 0.717) is 24.6 Å². The second-order valence-corrected chi connectivity index (χ2v) is 7.38. The van der Waals surface area contributed by atoms with E-state index < -0.39 is 12.2 Å². The predicted octanol–water partition coefficient (Wildman–Crippen LogP) is 4.01. The van der Waals surface area contributed by atoms with Gasteiger partial charge >= 0.3 is 6.09 Å². The van der Waals surface area contributed by atoms with Gasteiger partial charge in [-0.05, 0) is 24.9 Å². The van der Waals surface area contributed by atoms with Gasteiger partial charge in [-0.15, -0.1) is 0 Å². The fraction of sp³-hybridized carbons (Fsp3) is 0.650. The van der Waals surface area contributed by atoms with E-state index in [9.17, 15) is 10.0 Å². The Kier molecular flexibility index (Phi) is 10.2. The summed E-state index contributed by atoms with van der Waals surface area (Å²) in [7, 11) is 0. The van der Waals surface area contributed by atoms with Crippen molar-refractivity contribution in [1.29, 1.82) is 0 Å². The zero-order valence-corrected chi connectivity index (χ0v) is 16.5. The third-order valence-corrected chi connectivity index (χ3v) is 3.81. The number of carbonyl (C=O) groups is 1. The van der Waals surface area contributed by atoms with E-state index in [1.807, 2.05) is 51.1 Å². The molecule has 148 valence electrons. The van der Waals surface area contributed by atoms with Crippen molar-refractivity contribution < 1.29 is 19.5 Å². The molecule has 0 saturated heterocycles. The molecule has 1 amide bonds. The van der Waals surface area contributed by atoms with Crippen LogP contribution in [0, 0.1) is 5.41 Å². The highest BCUT2D eigenvalue weighted by Crippen LogP contribution is 2.36. The van der Waals surface area contributed by atoms with Crippen LogP contribution in [-0.2, 0) is 9.47 Å². The maximum Gasteiger partial charge on any atom is 0.434 e. The van der Waals surface area contributed by atoms with Crippen molar-refractivity contribution in [3.05, 3.63) is 35.9 Å². The maximum absolute atomic E-state index is 12.2. The molecule has 1 aromatic carbocycles. The Morgan fingerprint density at radius 3 is 2.50 bits per heavy atom. The highest BCUT2D eigenvalue weighted by molar-refractivity contribution is 5.66. The molecule has 0 saturated carbocycles. The third-order valence-electron chi connectivity index (χ3n) is 3.81. The van der Waals surface area contributed by atoms with Crippen LogP contribution < -0.4 is 5.32 Å². The molecular formula is C20H34N2O4. The van der Waals surface area contributed by atoms with Crippen LogP contribution >= 0.6 is 0 Å². The largest absolute Gasteiger partial charge is 0.439 e. The SMILES string of the molecule is CCCOCCNCCCN(O)C(=O)OC(c1ccccc1)C(C)(C)C. The number of hydrogen-bond acceptors (Lipinski definition) is 5. The van der Waals surface area contributed by atoms with Gasteiger partial charge in [-0.2, -0.15) is 5.06 Å². The topological polar surface area (TPSA) is 71.0 Å². The van der Waals surface area contributed by atoms with Gasteiger partial charge in [0, 0.05) is 18.6 Å². The Morgan fingerprint density at radius 1 is 1.19 bits per heavy atom. The first kappa shape index (κ1) is 22.4. The van der Waals surface area contributed by atoms with Crippen LogP contribution in [0.3, 0.4) is 0 Å². The summed E-state index contributed by atoms with van der Waals surface area (Å²) in [4.78, 5) is 12.2. The second-order valence-electron chi connectivity index (χ2n) is 7.38. The van der Waals surface area contributed by atoms with Crippen LogP contribution in [0.4, 0.5) is 4.79 Å². The van der Waals surface area contributed by atoms with Gasteiger partial charge in [-0.3, -0.25) is 5.21 Å². The van der Waals surface area contributed by atoms with E-state index in [2.05, 4.69) is 12.2 Å². The van der Waals surface area contributed by atoms with Gasteiger partial charge in [-0.1, -0.05) is 58.0 Å². The number of amides is 1. The van der Waals surface area contributed by atoms with Crippen LogP contribution in [0.5, 0.6) is 0 Å². The molecule has 1 unspecified atom stereocenters. The number of carbonyl (C=O) groups excluding carboxylic acids is 1. The molecular weight excluding hydrogens is 332 g/mol. The Balaban J connectivity index is 2.37. The summed E-state index contributed by atoms with van der Waals surface area (Å²) in [6.45, 7) is 11.2. The van der Waals surface area contributed by atoms with Crippen molar-refractivity contribution in [2.24, 2.45) is 5.41 Å². The number of hydrogen-bond donors (Lipinski definition) is 2. The van der Waals surface area contributed by atoms with Crippen LogP contribution in [0.15, 0.2) is 30.3 Å². The van der Waals surface area contributed by atoms with Crippen LogP contribution in [-0.4, -0.2) is 49.2 Å². The molecule has 2 N–H and O–H groups in total. The fourth-order valence-corrected chi connectivity index (χ4v) is 2.50. The van der Waals surface area contributed by atoms with Crippen molar-refractivity contribution in [2.45, 2.75) is 46.6 Å². The van der Waals surface area contributed by atoms with Gasteiger partial charge in [0.1, 0.15) is 6.10 Å². The lowest BCUT2D eigenvalue weighted by Crippen LogP contribution is -2.34. The molecule has 1 rings (SSSR count). The minimum Gasteiger partial charge on any atom is -0.439 e. The summed E-state index contributed by atoms with van der Waals surface area (Å²) >= 11 is 0. The summed E-state index contributed by atoms with van der Waals surface area (Å²) in [6, 6.07) is 9.59. The minimum atomic E-state index is -0.722. The molecule has 1 atom stereocenters. The normalized spacial score (nSPS) is 12.7. The standard InChI is InChI=1S/C20H34N2O4/c1-5-15-25-16-13-21-12-9-14-22(24)19(23)26-18(20(2,3)4)17-10-7-6-8-11-17/h6-8,10-11,18,21,24H,5,9,12-16H2,1-4H3. The first-order valence-corrected chi connectivity index (χ1v) is 9.36. The van der Waals surface area contributed by atoms with Crippen LogP contribution in [0.1, 0.15) is 52.2 Å². The van der Waals surface area contributed by atoms with E-state index in [4.69, 9.17) is 9.47 Å². The Labute approximate surface area is 157 Å². The molecule has 0 aliphatic rings.